The van der Waals surface area contributed by atoms with Gasteiger partial charge in [-0.05, 0) is 47.4 Å². The van der Waals surface area contributed by atoms with Crippen LogP contribution in [0.3, 0.4) is 0 Å². The van der Waals surface area contributed by atoms with Gasteiger partial charge in [0.2, 0.25) is 5.95 Å². The SMILES string of the molecule is Cc1cc(/C(CC2c3ccccc3-c3cc(Br)ccc32)=N/O)cc(F)n1. The van der Waals surface area contributed by atoms with Crippen LogP contribution in [0.15, 0.2) is 64.2 Å². The monoisotopic (exact) mass is 410 g/mol. The van der Waals surface area contributed by atoms with E-state index in [2.05, 4.69) is 50.3 Å². The summed E-state index contributed by atoms with van der Waals surface area (Å²) in [5.41, 5.74) is 6.29. The summed E-state index contributed by atoms with van der Waals surface area (Å²) >= 11 is 3.54. The Labute approximate surface area is 159 Å². The molecular weight excluding hydrogens is 395 g/mol. The molecule has 0 amide bonds. The van der Waals surface area contributed by atoms with E-state index in [1.165, 1.54) is 28.3 Å². The van der Waals surface area contributed by atoms with Gasteiger partial charge in [-0.1, -0.05) is 51.4 Å². The molecule has 1 aliphatic carbocycles. The number of oxime groups is 1. The molecule has 1 aromatic heterocycles. The number of fused-ring (bicyclic) bond motifs is 3. The van der Waals surface area contributed by atoms with Crippen molar-refractivity contribution in [1.82, 2.24) is 4.98 Å². The number of rotatable bonds is 3. The second-order valence-electron chi connectivity index (χ2n) is 6.44. The summed E-state index contributed by atoms with van der Waals surface area (Å²) in [5.74, 6) is -0.519. The molecule has 0 spiro atoms. The third-order valence-corrected chi connectivity index (χ3v) is 5.28. The fraction of sp³-hybridized carbons (Fsp3) is 0.143. The second kappa shape index (κ2) is 6.65. The Morgan fingerprint density at radius 2 is 1.88 bits per heavy atom. The van der Waals surface area contributed by atoms with Crippen LogP contribution in [0, 0.1) is 12.9 Å². The molecule has 1 N–H and O–H groups in total. The van der Waals surface area contributed by atoms with E-state index < -0.39 is 5.95 Å². The van der Waals surface area contributed by atoms with Gasteiger partial charge in [-0.2, -0.15) is 4.39 Å². The summed E-state index contributed by atoms with van der Waals surface area (Å²) in [4.78, 5) is 3.76. The number of benzene rings is 2. The van der Waals surface area contributed by atoms with E-state index >= 15 is 0 Å². The standard InChI is InChI=1S/C21H16BrFN2O/c1-12-8-13(9-21(23)24-12)20(25-26)11-19-16-5-3-2-4-15(16)18-10-14(22)6-7-17(18)19/h2-10,19,26H,11H2,1H3/b25-20+. The first-order valence-electron chi connectivity index (χ1n) is 8.31. The van der Waals surface area contributed by atoms with Crippen LogP contribution in [-0.2, 0) is 0 Å². The molecule has 1 aliphatic rings. The van der Waals surface area contributed by atoms with Crippen molar-refractivity contribution >= 4 is 21.6 Å². The van der Waals surface area contributed by atoms with Crippen molar-refractivity contribution in [3.63, 3.8) is 0 Å². The van der Waals surface area contributed by atoms with Crippen LogP contribution in [0.25, 0.3) is 11.1 Å². The highest BCUT2D eigenvalue weighted by atomic mass is 79.9. The minimum Gasteiger partial charge on any atom is -0.411 e. The highest BCUT2D eigenvalue weighted by Gasteiger charge is 2.30. The number of aryl methyl sites for hydroxylation is 1. The van der Waals surface area contributed by atoms with Crippen LogP contribution in [0.5, 0.6) is 0 Å². The molecule has 0 bridgehead atoms. The smallest absolute Gasteiger partial charge is 0.213 e. The lowest BCUT2D eigenvalue weighted by atomic mass is 9.89. The number of hydrogen-bond donors (Lipinski definition) is 1. The van der Waals surface area contributed by atoms with Crippen LogP contribution in [0.2, 0.25) is 0 Å². The molecule has 4 rings (SSSR count). The van der Waals surface area contributed by atoms with Gasteiger partial charge in [0.05, 0.1) is 5.71 Å². The van der Waals surface area contributed by atoms with Crippen molar-refractivity contribution < 1.29 is 9.60 Å². The molecule has 0 radical (unpaired) electrons. The quantitative estimate of drug-likeness (QED) is 0.261. The third kappa shape index (κ3) is 2.92. The van der Waals surface area contributed by atoms with Crippen LogP contribution >= 0.6 is 15.9 Å². The zero-order valence-electron chi connectivity index (χ0n) is 14.1. The summed E-state index contributed by atoms with van der Waals surface area (Å²) < 4.78 is 14.7. The average molecular weight is 411 g/mol. The van der Waals surface area contributed by atoms with E-state index in [-0.39, 0.29) is 5.92 Å². The Bertz CT molecular complexity index is 1010. The summed E-state index contributed by atoms with van der Waals surface area (Å²) in [5, 5.41) is 13.1. The molecule has 1 heterocycles. The largest absolute Gasteiger partial charge is 0.411 e. The fourth-order valence-corrected chi connectivity index (χ4v) is 4.06. The molecule has 1 atom stereocenters. The molecule has 0 saturated carbocycles. The molecule has 0 aliphatic heterocycles. The van der Waals surface area contributed by atoms with Gasteiger partial charge in [-0.15, -0.1) is 0 Å². The lowest BCUT2D eigenvalue weighted by Gasteiger charge is -2.15. The predicted molar refractivity (Wildman–Crippen MR) is 103 cm³/mol. The van der Waals surface area contributed by atoms with E-state index in [4.69, 9.17) is 0 Å². The predicted octanol–water partition coefficient (Wildman–Crippen LogP) is 5.67. The summed E-state index contributed by atoms with van der Waals surface area (Å²) in [6.07, 6.45) is 0.477. The maximum absolute atomic E-state index is 13.7. The van der Waals surface area contributed by atoms with Crippen molar-refractivity contribution in [1.29, 1.82) is 0 Å². The van der Waals surface area contributed by atoms with Gasteiger partial charge in [0.1, 0.15) is 0 Å². The number of nitrogens with zero attached hydrogens (tertiary/aromatic N) is 2. The van der Waals surface area contributed by atoms with E-state index in [0.717, 1.165) is 4.47 Å². The minimum atomic E-state index is -0.572. The summed E-state index contributed by atoms with van der Waals surface area (Å²) in [6.45, 7) is 1.72. The van der Waals surface area contributed by atoms with E-state index in [1.54, 1.807) is 13.0 Å². The molecule has 1 unspecified atom stereocenters. The van der Waals surface area contributed by atoms with Gasteiger partial charge < -0.3 is 5.21 Å². The highest BCUT2D eigenvalue weighted by molar-refractivity contribution is 9.10. The zero-order valence-corrected chi connectivity index (χ0v) is 15.7. The summed E-state index contributed by atoms with van der Waals surface area (Å²) in [7, 11) is 0. The van der Waals surface area contributed by atoms with Gasteiger partial charge in [0.15, 0.2) is 0 Å². The number of hydrogen-bond acceptors (Lipinski definition) is 3. The van der Waals surface area contributed by atoms with Crippen molar-refractivity contribution in [3.05, 3.63) is 87.4 Å². The fourth-order valence-electron chi connectivity index (χ4n) is 3.70. The number of aromatic nitrogens is 1. The Morgan fingerprint density at radius 3 is 2.65 bits per heavy atom. The molecule has 130 valence electrons. The molecule has 2 aromatic carbocycles. The Balaban J connectivity index is 1.78. The molecule has 0 fully saturated rings. The molecule has 3 nitrogen and oxygen atoms in total. The normalized spacial score (nSPS) is 15.7. The van der Waals surface area contributed by atoms with Gasteiger partial charge in [-0.3, -0.25) is 0 Å². The first-order valence-corrected chi connectivity index (χ1v) is 9.10. The molecule has 5 heteroatoms. The minimum absolute atomic E-state index is 0.0525. The topological polar surface area (TPSA) is 45.5 Å². The Morgan fingerprint density at radius 1 is 1.12 bits per heavy atom. The van der Waals surface area contributed by atoms with Gasteiger partial charge >= 0.3 is 0 Å². The molecule has 3 aromatic rings. The van der Waals surface area contributed by atoms with Crippen molar-refractivity contribution in [2.45, 2.75) is 19.3 Å². The molecule has 0 saturated heterocycles. The Kier molecular flexibility index (Phi) is 4.32. The van der Waals surface area contributed by atoms with Crippen LogP contribution in [0.1, 0.15) is 34.7 Å². The van der Waals surface area contributed by atoms with Crippen LogP contribution < -0.4 is 0 Å². The average Bonchev–Trinajstić information content (AvgIpc) is 2.92. The second-order valence-corrected chi connectivity index (χ2v) is 7.36. The first kappa shape index (κ1) is 16.9. The maximum atomic E-state index is 13.7. The molecule has 26 heavy (non-hydrogen) atoms. The third-order valence-electron chi connectivity index (χ3n) is 4.79. The van der Waals surface area contributed by atoms with E-state index in [0.29, 0.717) is 23.4 Å². The number of pyridine rings is 1. The lowest BCUT2D eigenvalue weighted by Crippen LogP contribution is -2.09. The van der Waals surface area contributed by atoms with Gasteiger partial charge in [0.25, 0.3) is 0 Å². The van der Waals surface area contributed by atoms with Crippen LogP contribution in [0.4, 0.5) is 4.39 Å². The van der Waals surface area contributed by atoms with Crippen LogP contribution in [-0.4, -0.2) is 15.9 Å². The van der Waals surface area contributed by atoms with Crippen molar-refractivity contribution in [2.75, 3.05) is 0 Å². The van der Waals surface area contributed by atoms with Crippen molar-refractivity contribution in [2.24, 2.45) is 5.16 Å². The number of halogens is 2. The van der Waals surface area contributed by atoms with E-state index in [1.807, 2.05) is 18.2 Å². The van der Waals surface area contributed by atoms with Gasteiger partial charge in [0, 0.05) is 34.1 Å². The molecular formula is C21H16BrFN2O. The Hall–Kier alpha value is -2.53. The zero-order chi connectivity index (χ0) is 18.3. The maximum Gasteiger partial charge on any atom is 0.213 e. The lowest BCUT2D eigenvalue weighted by molar-refractivity contribution is 0.317. The van der Waals surface area contributed by atoms with Gasteiger partial charge in [-0.25, -0.2) is 4.98 Å². The highest BCUT2D eigenvalue weighted by Crippen LogP contribution is 2.47. The summed E-state index contributed by atoms with van der Waals surface area (Å²) in [6, 6.07) is 17.5. The van der Waals surface area contributed by atoms with E-state index in [9.17, 15) is 9.60 Å². The first-order chi connectivity index (χ1) is 12.6. The van der Waals surface area contributed by atoms with Crippen molar-refractivity contribution in [3.8, 4) is 11.1 Å².